The maximum atomic E-state index is 12.4. The molecular weight excluding hydrogens is 452 g/mol. The Balaban J connectivity index is 1.50. The van der Waals surface area contributed by atoms with Crippen LogP contribution in [0.2, 0.25) is 0 Å². The van der Waals surface area contributed by atoms with Crippen LogP contribution in [-0.4, -0.2) is 69.2 Å². The Morgan fingerprint density at radius 3 is 2.62 bits per heavy atom. The van der Waals surface area contributed by atoms with Crippen molar-refractivity contribution in [3.8, 4) is 0 Å². The van der Waals surface area contributed by atoms with Crippen LogP contribution in [0.25, 0.3) is 0 Å². The molecule has 0 saturated heterocycles. The van der Waals surface area contributed by atoms with Crippen molar-refractivity contribution in [1.82, 2.24) is 20.2 Å². The molecule has 0 bridgehead atoms. The lowest BCUT2D eigenvalue weighted by Gasteiger charge is -2.19. The van der Waals surface area contributed by atoms with Crippen LogP contribution in [0.4, 0.5) is 23.1 Å². The van der Waals surface area contributed by atoms with E-state index in [9.17, 15) is 13.2 Å². The Morgan fingerprint density at radius 2 is 1.91 bits per heavy atom. The van der Waals surface area contributed by atoms with Crippen LogP contribution in [-0.2, 0) is 16.3 Å². The monoisotopic (exact) mass is 480 g/mol. The highest BCUT2D eigenvalue weighted by Gasteiger charge is 2.23. The number of anilines is 4. The number of nitrogens with zero attached hydrogens (tertiary/aromatic N) is 4. The average Bonchev–Trinajstić information content (AvgIpc) is 3.22. The Hall–Kier alpha value is -3.50. The van der Waals surface area contributed by atoms with E-state index in [1.54, 1.807) is 42.6 Å². The van der Waals surface area contributed by atoms with Crippen molar-refractivity contribution in [2.24, 2.45) is 0 Å². The van der Waals surface area contributed by atoms with Crippen molar-refractivity contribution < 1.29 is 13.2 Å². The van der Waals surface area contributed by atoms with Gasteiger partial charge in [0, 0.05) is 54.6 Å². The van der Waals surface area contributed by atoms with Crippen molar-refractivity contribution in [2.75, 3.05) is 50.2 Å². The summed E-state index contributed by atoms with van der Waals surface area (Å²) in [7, 11) is 0.666. The second kappa shape index (κ2) is 9.78. The van der Waals surface area contributed by atoms with Crippen molar-refractivity contribution in [3.05, 3.63) is 65.9 Å². The fraction of sp³-hybridized carbons (Fsp3) is 0.292. The molecule has 2 aromatic carbocycles. The number of sulfone groups is 1. The minimum absolute atomic E-state index is 0.135. The van der Waals surface area contributed by atoms with E-state index >= 15 is 0 Å². The summed E-state index contributed by atoms with van der Waals surface area (Å²) in [6, 6.07) is 14.0. The third-order valence-electron chi connectivity index (χ3n) is 5.50. The second-order valence-corrected chi connectivity index (χ2v) is 10.5. The minimum atomic E-state index is -3.25. The fourth-order valence-corrected chi connectivity index (χ4v) is 4.32. The number of rotatable bonds is 8. The van der Waals surface area contributed by atoms with Gasteiger partial charge in [-0.2, -0.15) is 4.98 Å². The molecule has 2 heterocycles. The van der Waals surface area contributed by atoms with Crippen LogP contribution >= 0.6 is 0 Å². The van der Waals surface area contributed by atoms with Gasteiger partial charge in [0.2, 0.25) is 5.95 Å². The molecule has 1 aliphatic rings. The van der Waals surface area contributed by atoms with Crippen molar-refractivity contribution in [2.45, 2.75) is 11.3 Å². The van der Waals surface area contributed by atoms with E-state index in [0.717, 1.165) is 36.6 Å². The molecule has 10 heteroatoms. The highest BCUT2D eigenvalue weighted by atomic mass is 32.2. The van der Waals surface area contributed by atoms with Gasteiger partial charge in [0.05, 0.1) is 4.90 Å². The molecule has 3 aromatic rings. The first-order chi connectivity index (χ1) is 16.2. The van der Waals surface area contributed by atoms with E-state index < -0.39 is 9.84 Å². The highest BCUT2D eigenvalue weighted by Crippen LogP contribution is 2.34. The van der Waals surface area contributed by atoms with Gasteiger partial charge in [0.25, 0.3) is 5.91 Å². The first-order valence-electron chi connectivity index (χ1n) is 10.9. The zero-order valence-corrected chi connectivity index (χ0v) is 20.3. The van der Waals surface area contributed by atoms with Crippen LogP contribution in [0.3, 0.4) is 0 Å². The van der Waals surface area contributed by atoms with E-state index in [1.165, 1.54) is 6.26 Å². The van der Waals surface area contributed by atoms with E-state index in [4.69, 9.17) is 4.98 Å². The van der Waals surface area contributed by atoms with Gasteiger partial charge in [-0.05, 0) is 63.0 Å². The smallest absolute Gasteiger partial charge is 0.251 e. The molecule has 1 aromatic heterocycles. The minimum Gasteiger partial charge on any atom is -0.351 e. The number of likely N-dealkylation sites (N-methyl/N-ethyl adjacent to an activating group) is 1. The normalized spacial score (nSPS) is 13.1. The number of fused-ring (bicyclic) bond motifs is 1. The van der Waals surface area contributed by atoms with Crippen LogP contribution < -0.4 is 15.5 Å². The number of aromatic nitrogens is 2. The number of amides is 1. The summed E-state index contributed by atoms with van der Waals surface area (Å²) < 4.78 is 23.5. The standard InChI is InChI=1S/C24H28N6O3S/c1-29(2)14-12-25-23(31)17-5-4-6-19(15-17)27-24-26-16-18-11-13-30(22(18)28-24)20-7-9-21(10-8-20)34(3,32)33/h4-10,15-16H,11-14H2,1-3H3,(H,25,31)(H,26,27,28). The van der Waals surface area contributed by atoms with Gasteiger partial charge in [-0.25, -0.2) is 13.4 Å². The first kappa shape index (κ1) is 23.7. The molecule has 0 aliphatic carbocycles. The molecule has 178 valence electrons. The molecule has 0 radical (unpaired) electrons. The summed E-state index contributed by atoms with van der Waals surface area (Å²) in [6.07, 6.45) is 3.79. The van der Waals surface area contributed by atoms with Crippen molar-refractivity contribution in [3.63, 3.8) is 0 Å². The van der Waals surface area contributed by atoms with E-state index in [1.807, 2.05) is 36.0 Å². The molecule has 0 saturated carbocycles. The predicted octanol–water partition coefficient (Wildman–Crippen LogP) is 2.61. The van der Waals surface area contributed by atoms with Crippen LogP contribution in [0.5, 0.6) is 0 Å². The molecule has 1 aliphatic heterocycles. The molecule has 9 nitrogen and oxygen atoms in total. The van der Waals surface area contributed by atoms with Gasteiger partial charge in [-0.15, -0.1) is 0 Å². The summed E-state index contributed by atoms with van der Waals surface area (Å²) in [5, 5.41) is 6.10. The second-order valence-electron chi connectivity index (χ2n) is 8.48. The van der Waals surface area contributed by atoms with Gasteiger partial charge >= 0.3 is 0 Å². The molecule has 0 spiro atoms. The van der Waals surface area contributed by atoms with Gasteiger partial charge < -0.3 is 20.4 Å². The van der Waals surface area contributed by atoms with E-state index in [0.29, 0.717) is 23.7 Å². The molecule has 0 fully saturated rings. The molecule has 2 N–H and O–H groups in total. The summed E-state index contributed by atoms with van der Waals surface area (Å²) in [5.41, 5.74) is 3.15. The summed E-state index contributed by atoms with van der Waals surface area (Å²) in [6.45, 7) is 2.06. The number of carbonyl (C=O) groups is 1. The molecule has 0 atom stereocenters. The lowest BCUT2D eigenvalue weighted by Crippen LogP contribution is -2.31. The van der Waals surface area contributed by atoms with Gasteiger partial charge in [0.1, 0.15) is 5.82 Å². The Labute approximate surface area is 199 Å². The number of carbonyl (C=O) groups excluding carboxylic acids is 1. The van der Waals surface area contributed by atoms with Crippen LogP contribution in [0.15, 0.2) is 59.6 Å². The van der Waals surface area contributed by atoms with E-state index in [-0.39, 0.29) is 10.8 Å². The fourth-order valence-electron chi connectivity index (χ4n) is 3.69. The lowest BCUT2D eigenvalue weighted by molar-refractivity contribution is 0.0951. The Morgan fingerprint density at radius 1 is 1.15 bits per heavy atom. The SMILES string of the molecule is CN(C)CCNC(=O)c1cccc(Nc2ncc3c(n2)N(c2ccc(S(C)(=O)=O)cc2)CC3)c1. The predicted molar refractivity (Wildman–Crippen MR) is 133 cm³/mol. The maximum Gasteiger partial charge on any atom is 0.251 e. The third-order valence-corrected chi connectivity index (χ3v) is 6.63. The zero-order chi connectivity index (χ0) is 24.3. The number of benzene rings is 2. The number of hydrogen-bond donors (Lipinski definition) is 2. The van der Waals surface area contributed by atoms with Gasteiger partial charge in [0.15, 0.2) is 9.84 Å². The highest BCUT2D eigenvalue weighted by molar-refractivity contribution is 7.90. The largest absolute Gasteiger partial charge is 0.351 e. The Kier molecular flexibility index (Phi) is 6.80. The molecule has 0 unspecified atom stereocenters. The molecular formula is C24H28N6O3S. The third kappa shape index (κ3) is 5.52. The summed E-state index contributed by atoms with van der Waals surface area (Å²) in [5.74, 6) is 1.06. The van der Waals surface area contributed by atoms with Crippen molar-refractivity contribution >= 4 is 38.9 Å². The quantitative estimate of drug-likeness (QED) is 0.507. The molecule has 4 rings (SSSR count). The topological polar surface area (TPSA) is 108 Å². The van der Waals surface area contributed by atoms with E-state index in [2.05, 4.69) is 15.6 Å². The van der Waals surface area contributed by atoms with Crippen LogP contribution in [0.1, 0.15) is 15.9 Å². The van der Waals surface area contributed by atoms with Gasteiger partial charge in [-0.1, -0.05) is 6.07 Å². The Bertz CT molecular complexity index is 1290. The summed E-state index contributed by atoms with van der Waals surface area (Å²) >= 11 is 0. The van der Waals surface area contributed by atoms with Crippen LogP contribution in [0, 0.1) is 0 Å². The zero-order valence-electron chi connectivity index (χ0n) is 19.4. The average molecular weight is 481 g/mol. The lowest BCUT2D eigenvalue weighted by atomic mass is 10.2. The van der Waals surface area contributed by atoms with Crippen molar-refractivity contribution in [1.29, 1.82) is 0 Å². The summed E-state index contributed by atoms with van der Waals surface area (Å²) in [4.78, 5) is 25.9. The first-order valence-corrected chi connectivity index (χ1v) is 12.8. The number of nitrogens with one attached hydrogen (secondary N) is 2. The molecule has 1 amide bonds. The van der Waals surface area contributed by atoms with Gasteiger partial charge in [-0.3, -0.25) is 4.79 Å². The molecule has 34 heavy (non-hydrogen) atoms. The number of hydrogen-bond acceptors (Lipinski definition) is 8. The maximum absolute atomic E-state index is 12.4.